The molecule has 104 valence electrons. The summed E-state index contributed by atoms with van der Waals surface area (Å²) in [5, 5.41) is 0. The number of morpholine rings is 1. The van der Waals surface area contributed by atoms with Gasteiger partial charge in [0, 0.05) is 18.7 Å². The van der Waals surface area contributed by atoms with E-state index in [9.17, 15) is 0 Å². The van der Waals surface area contributed by atoms with Gasteiger partial charge in [0.1, 0.15) is 12.4 Å². The summed E-state index contributed by atoms with van der Waals surface area (Å²) in [6.45, 7) is 7.50. The number of ether oxygens (including phenoxy) is 2. The molecule has 2 atom stereocenters. The van der Waals surface area contributed by atoms with Crippen molar-refractivity contribution in [2.45, 2.75) is 31.5 Å². The maximum absolute atomic E-state index is 6.45. The summed E-state index contributed by atoms with van der Waals surface area (Å²) < 4.78 is 11.6. The van der Waals surface area contributed by atoms with Crippen molar-refractivity contribution in [1.29, 1.82) is 0 Å². The first-order valence-electron chi connectivity index (χ1n) is 6.92. The Hall–Kier alpha value is -1.10. The summed E-state index contributed by atoms with van der Waals surface area (Å²) in [6, 6.07) is 8.32. The van der Waals surface area contributed by atoms with Crippen molar-refractivity contribution in [3.63, 3.8) is 0 Å². The summed E-state index contributed by atoms with van der Waals surface area (Å²) in [5.74, 6) is 0.929. The standard InChI is InChI=1S/C15H22N2O2/c1-15(2)10-17(7-8-19-15)12-9-18-13-6-4-3-5-11(13)14(12)16/h3-6,12,14H,7-10,16H2,1-2H3. The van der Waals surface area contributed by atoms with Crippen molar-refractivity contribution in [2.24, 2.45) is 5.73 Å². The van der Waals surface area contributed by atoms with Crippen molar-refractivity contribution in [3.05, 3.63) is 29.8 Å². The third kappa shape index (κ3) is 2.48. The molecule has 1 fully saturated rings. The third-order valence-electron chi connectivity index (χ3n) is 4.03. The second-order valence-corrected chi connectivity index (χ2v) is 6.02. The van der Waals surface area contributed by atoms with E-state index in [1.54, 1.807) is 0 Å². The fourth-order valence-electron chi connectivity index (χ4n) is 3.04. The Kier molecular flexibility index (Phi) is 3.25. The highest BCUT2D eigenvalue weighted by atomic mass is 16.5. The van der Waals surface area contributed by atoms with Gasteiger partial charge < -0.3 is 15.2 Å². The predicted octanol–water partition coefficient (Wildman–Crippen LogP) is 1.56. The molecule has 2 heterocycles. The summed E-state index contributed by atoms with van der Waals surface area (Å²) in [5.41, 5.74) is 7.46. The molecule has 1 saturated heterocycles. The van der Waals surface area contributed by atoms with Crippen LogP contribution in [0.2, 0.25) is 0 Å². The van der Waals surface area contributed by atoms with E-state index in [1.807, 2.05) is 18.2 Å². The molecule has 19 heavy (non-hydrogen) atoms. The number of fused-ring (bicyclic) bond motifs is 1. The molecule has 2 unspecified atom stereocenters. The zero-order valence-electron chi connectivity index (χ0n) is 11.6. The summed E-state index contributed by atoms with van der Waals surface area (Å²) in [4.78, 5) is 2.41. The molecule has 4 nitrogen and oxygen atoms in total. The summed E-state index contributed by atoms with van der Waals surface area (Å²) in [6.07, 6.45) is 0. The lowest BCUT2D eigenvalue weighted by molar-refractivity contribution is -0.105. The minimum Gasteiger partial charge on any atom is -0.492 e. The van der Waals surface area contributed by atoms with Crippen molar-refractivity contribution in [3.8, 4) is 5.75 Å². The van der Waals surface area contributed by atoms with Crippen molar-refractivity contribution in [1.82, 2.24) is 4.90 Å². The minimum absolute atomic E-state index is 0.0128. The van der Waals surface area contributed by atoms with Crippen LogP contribution in [0.4, 0.5) is 0 Å². The lowest BCUT2D eigenvalue weighted by atomic mass is 9.94. The average molecular weight is 262 g/mol. The predicted molar refractivity (Wildman–Crippen MR) is 74.3 cm³/mol. The van der Waals surface area contributed by atoms with Gasteiger partial charge in [-0.25, -0.2) is 0 Å². The van der Waals surface area contributed by atoms with E-state index in [0.29, 0.717) is 6.61 Å². The monoisotopic (exact) mass is 262 g/mol. The topological polar surface area (TPSA) is 47.7 Å². The molecule has 1 aromatic rings. The van der Waals surface area contributed by atoms with E-state index in [0.717, 1.165) is 31.0 Å². The van der Waals surface area contributed by atoms with Gasteiger partial charge in [0.05, 0.1) is 24.3 Å². The van der Waals surface area contributed by atoms with Crippen LogP contribution in [0.5, 0.6) is 5.75 Å². The van der Waals surface area contributed by atoms with Gasteiger partial charge in [-0.2, -0.15) is 0 Å². The van der Waals surface area contributed by atoms with Gasteiger partial charge in [0.2, 0.25) is 0 Å². The van der Waals surface area contributed by atoms with Crippen LogP contribution < -0.4 is 10.5 Å². The Morgan fingerprint density at radius 3 is 2.89 bits per heavy atom. The van der Waals surface area contributed by atoms with Crippen LogP contribution in [0.3, 0.4) is 0 Å². The van der Waals surface area contributed by atoms with E-state index in [4.69, 9.17) is 15.2 Å². The van der Waals surface area contributed by atoms with Crippen molar-refractivity contribution < 1.29 is 9.47 Å². The first-order valence-corrected chi connectivity index (χ1v) is 6.92. The number of nitrogens with zero attached hydrogens (tertiary/aromatic N) is 1. The third-order valence-corrected chi connectivity index (χ3v) is 4.03. The number of rotatable bonds is 1. The van der Waals surface area contributed by atoms with Crippen molar-refractivity contribution >= 4 is 0 Å². The Bertz CT molecular complexity index is 461. The molecule has 0 radical (unpaired) electrons. The molecule has 2 aliphatic heterocycles. The Morgan fingerprint density at radius 2 is 2.11 bits per heavy atom. The summed E-state index contributed by atoms with van der Waals surface area (Å²) >= 11 is 0. The fourth-order valence-corrected chi connectivity index (χ4v) is 3.04. The highest BCUT2D eigenvalue weighted by Crippen LogP contribution is 2.33. The second kappa shape index (κ2) is 4.78. The van der Waals surface area contributed by atoms with Gasteiger partial charge in [-0.1, -0.05) is 18.2 Å². The zero-order chi connectivity index (χ0) is 13.5. The van der Waals surface area contributed by atoms with Gasteiger partial charge in [-0.05, 0) is 19.9 Å². The normalized spacial score (nSPS) is 30.5. The molecule has 1 aromatic carbocycles. The van der Waals surface area contributed by atoms with Gasteiger partial charge in [0.15, 0.2) is 0 Å². The highest BCUT2D eigenvalue weighted by Gasteiger charge is 2.37. The van der Waals surface area contributed by atoms with Gasteiger partial charge in [0.25, 0.3) is 0 Å². The lowest BCUT2D eigenvalue weighted by Gasteiger charge is -2.45. The quantitative estimate of drug-likeness (QED) is 0.834. The number of benzene rings is 1. The van der Waals surface area contributed by atoms with Gasteiger partial charge >= 0.3 is 0 Å². The van der Waals surface area contributed by atoms with E-state index in [2.05, 4.69) is 24.8 Å². The molecule has 3 rings (SSSR count). The van der Waals surface area contributed by atoms with Crippen LogP contribution >= 0.6 is 0 Å². The van der Waals surface area contributed by atoms with Crippen molar-refractivity contribution in [2.75, 3.05) is 26.3 Å². The molecular weight excluding hydrogens is 240 g/mol. The van der Waals surface area contributed by atoms with Crippen LogP contribution in [0.25, 0.3) is 0 Å². The molecule has 0 aromatic heterocycles. The lowest BCUT2D eigenvalue weighted by Crippen LogP contribution is -2.57. The molecule has 0 bridgehead atoms. The molecular formula is C15H22N2O2. The van der Waals surface area contributed by atoms with Crippen LogP contribution in [0, 0.1) is 0 Å². The number of hydrogen-bond acceptors (Lipinski definition) is 4. The summed E-state index contributed by atoms with van der Waals surface area (Å²) in [7, 11) is 0. The smallest absolute Gasteiger partial charge is 0.124 e. The van der Waals surface area contributed by atoms with E-state index in [-0.39, 0.29) is 17.7 Å². The molecule has 0 spiro atoms. The highest BCUT2D eigenvalue weighted by molar-refractivity contribution is 5.38. The maximum Gasteiger partial charge on any atom is 0.124 e. The first kappa shape index (κ1) is 12.9. The average Bonchev–Trinajstić information content (AvgIpc) is 2.38. The van der Waals surface area contributed by atoms with E-state index < -0.39 is 0 Å². The van der Waals surface area contributed by atoms with E-state index >= 15 is 0 Å². The number of para-hydroxylation sites is 1. The number of nitrogens with two attached hydrogens (primary N) is 1. The van der Waals surface area contributed by atoms with E-state index in [1.165, 1.54) is 0 Å². The van der Waals surface area contributed by atoms with Crippen LogP contribution in [-0.4, -0.2) is 42.8 Å². The molecule has 0 saturated carbocycles. The minimum atomic E-state index is -0.102. The van der Waals surface area contributed by atoms with Gasteiger partial charge in [-0.15, -0.1) is 0 Å². The Balaban J connectivity index is 1.80. The Labute approximate surface area is 114 Å². The van der Waals surface area contributed by atoms with Gasteiger partial charge in [-0.3, -0.25) is 4.90 Å². The second-order valence-electron chi connectivity index (χ2n) is 6.02. The van der Waals surface area contributed by atoms with Crippen LogP contribution in [0.15, 0.2) is 24.3 Å². The molecule has 2 aliphatic rings. The maximum atomic E-state index is 6.45. The fraction of sp³-hybridized carbons (Fsp3) is 0.600. The molecule has 0 aliphatic carbocycles. The molecule has 2 N–H and O–H groups in total. The largest absolute Gasteiger partial charge is 0.492 e. The number of hydrogen-bond donors (Lipinski definition) is 1. The zero-order valence-corrected chi connectivity index (χ0v) is 11.6. The molecule has 0 amide bonds. The SMILES string of the molecule is CC1(C)CN(C2COc3ccccc3C2N)CCO1. The Morgan fingerprint density at radius 1 is 1.32 bits per heavy atom. The first-order chi connectivity index (χ1) is 9.07. The van der Waals surface area contributed by atoms with Crippen LogP contribution in [-0.2, 0) is 4.74 Å². The van der Waals surface area contributed by atoms with Crippen LogP contribution in [0.1, 0.15) is 25.5 Å². The molecule has 4 heteroatoms.